The Labute approximate surface area is 132 Å². The molecular formula is C17H26N2OS. The number of rotatable bonds is 9. The summed E-state index contributed by atoms with van der Waals surface area (Å²) in [5.74, 6) is 1.04. The second-order valence-electron chi connectivity index (χ2n) is 5.69. The van der Waals surface area contributed by atoms with Gasteiger partial charge in [-0.3, -0.25) is 4.79 Å². The molecule has 0 bridgehead atoms. The molecule has 1 unspecified atom stereocenters. The highest BCUT2D eigenvalue weighted by Gasteiger charge is 2.22. The third kappa shape index (κ3) is 6.10. The first-order chi connectivity index (χ1) is 10.2. The Balaban J connectivity index is 1.70. The van der Waals surface area contributed by atoms with E-state index in [-0.39, 0.29) is 5.91 Å². The van der Waals surface area contributed by atoms with Crippen LogP contribution in [0.1, 0.15) is 51.1 Å². The highest BCUT2D eigenvalue weighted by Crippen LogP contribution is 2.22. The normalized spacial score (nSPS) is 15.7. The highest BCUT2D eigenvalue weighted by molar-refractivity contribution is 7.99. The average Bonchev–Trinajstić information content (AvgIpc) is 3.29. The first-order valence-electron chi connectivity index (χ1n) is 7.94. The fourth-order valence-corrected chi connectivity index (χ4v) is 2.97. The van der Waals surface area contributed by atoms with E-state index in [1.807, 2.05) is 0 Å². The van der Waals surface area contributed by atoms with Gasteiger partial charge in [0.2, 0.25) is 5.91 Å². The first-order valence-corrected chi connectivity index (χ1v) is 8.93. The van der Waals surface area contributed by atoms with Crippen LogP contribution in [-0.4, -0.2) is 24.2 Å². The second kappa shape index (κ2) is 8.44. The quantitative estimate of drug-likeness (QED) is 0.686. The van der Waals surface area contributed by atoms with E-state index in [1.54, 1.807) is 11.8 Å². The lowest BCUT2D eigenvalue weighted by Crippen LogP contribution is -2.25. The molecule has 2 N–H and O–H groups in total. The zero-order valence-electron chi connectivity index (χ0n) is 13.0. The maximum Gasteiger partial charge on any atom is 0.221 e. The molecule has 1 aliphatic rings. The molecule has 3 nitrogen and oxygen atoms in total. The van der Waals surface area contributed by atoms with E-state index in [2.05, 4.69) is 48.7 Å². The zero-order valence-corrected chi connectivity index (χ0v) is 13.8. The third-order valence-electron chi connectivity index (χ3n) is 3.62. The summed E-state index contributed by atoms with van der Waals surface area (Å²) < 4.78 is 0. The number of amides is 1. The molecule has 4 heteroatoms. The number of carbonyl (C=O) groups is 1. The third-order valence-corrected chi connectivity index (χ3v) is 4.63. The average molecular weight is 306 g/mol. The van der Waals surface area contributed by atoms with Gasteiger partial charge in [0.25, 0.3) is 0 Å². The minimum absolute atomic E-state index is 0.194. The molecule has 1 saturated carbocycles. The second-order valence-corrected chi connectivity index (χ2v) is 6.85. The van der Waals surface area contributed by atoms with Crippen LogP contribution in [0.25, 0.3) is 0 Å². The fourth-order valence-electron chi connectivity index (χ4n) is 2.12. The Kier molecular flexibility index (Phi) is 6.58. The number of hydrogen-bond acceptors (Lipinski definition) is 3. The van der Waals surface area contributed by atoms with Crippen molar-refractivity contribution < 1.29 is 4.79 Å². The molecule has 21 heavy (non-hydrogen) atoms. The van der Waals surface area contributed by atoms with E-state index in [4.69, 9.17) is 0 Å². The van der Waals surface area contributed by atoms with Crippen molar-refractivity contribution in [1.29, 1.82) is 0 Å². The SMILES string of the molecule is CCCNC(C)c1ccc(SCCC(=O)NC2CC2)cc1. The van der Waals surface area contributed by atoms with Gasteiger partial charge in [0.05, 0.1) is 0 Å². The van der Waals surface area contributed by atoms with Crippen LogP contribution in [0.15, 0.2) is 29.2 Å². The number of hydrogen-bond donors (Lipinski definition) is 2. The van der Waals surface area contributed by atoms with E-state index in [9.17, 15) is 4.79 Å². The Morgan fingerprint density at radius 2 is 2.05 bits per heavy atom. The molecule has 1 aromatic rings. The molecular weight excluding hydrogens is 280 g/mol. The molecule has 2 rings (SSSR count). The summed E-state index contributed by atoms with van der Waals surface area (Å²) in [6, 6.07) is 9.54. The molecule has 0 aliphatic heterocycles. The van der Waals surface area contributed by atoms with Gasteiger partial charge < -0.3 is 10.6 Å². The largest absolute Gasteiger partial charge is 0.353 e. The van der Waals surface area contributed by atoms with Crippen molar-refractivity contribution in [1.82, 2.24) is 10.6 Å². The molecule has 0 aromatic heterocycles. The van der Waals surface area contributed by atoms with E-state index in [0.29, 0.717) is 18.5 Å². The van der Waals surface area contributed by atoms with Crippen molar-refractivity contribution in [3.8, 4) is 0 Å². The number of benzene rings is 1. The van der Waals surface area contributed by atoms with Gasteiger partial charge in [-0.2, -0.15) is 0 Å². The fraction of sp³-hybridized carbons (Fsp3) is 0.588. The van der Waals surface area contributed by atoms with Gasteiger partial charge in [-0.15, -0.1) is 11.8 Å². The van der Waals surface area contributed by atoms with Gasteiger partial charge in [-0.05, 0) is 50.4 Å². The molecule has 1 fully saturated rings. The standard InChI is InChI=1S/C17H26N2OS/c1-3-11-18-13(2)14-4-8-16(9-5-14)21-12-10-17(20)19-15-6-7-15/h4-5,8-9,13,15,18H,3,6-7,10-12H2,1-2H3,(H,19,20). The van der Waals surface area contributed by atoms with Crippen LogP contribution in [0.5, 0.6) is 0 Å². The van der Waals surface area contributed by atoms with Crippen LogP contribution < -0.4 is 10.6 Å². The van der Waals surface area contributed by atoms with Crippen LogP contribution in [-0.2, 0) is 4.79 Å². The molecule has 1 amide bonds. The van der Waals surface area contributed by atoms with Crippen LogP contribution in [0, 0.1) is 0 Å². The van der Waals surface area contributed by atoms with Gasteiger partial charge in [0.15, 0.2) is 0 Å². The molecule has 1 atom stereocenters. The summed E-state index contributed by atoms with van der Waals surface area (Å²) >= 11 is 1.75. The van der Waals surface area contributed by atoms with E-state index in [0.717, 1.165) is 31.6 Å². The summed E-state index contributed by atoms with van der Waals surface area (Å²) in [6.07, 6.45) is 4.08. The molecule has 116 valence electrons. The van der Waals surface area contributed by atoms with Gasteiger partial charge in [0.1, 0.15) is 0 Å². The molecule has 1 aromatic carbocycles. The predicted molar refractivity (Wildman–Crippen MR) is 89.7 cm³/mol. The van der Waals surface area contributed by atoms with E-state index in [1.165, 1.54) is 10.5 Å². The maximum atomic E-state index is 11.6. The lowest BCUT2D eigenvalue weighted by atomic mass is 10.1. The molecule has 0 radical (unpaired) electrons. The minimum atomic E-state index is 0.194. The summed E-state index contributed by atoms with van der Waals surface area (Å²) in [5.41, 5.74) is 1.32. The van der Waals surface area contributed by atoms with Crippen LogP contribution >= 0.6 is 11.8 Å². The lowest BCUT2D eigenvalue weighted by molar-refractivity contribution is -0.120. The smallest absolute Gasteiger partial charge is 0.221 e. The highest BCUT2D eigenvalue weighted by atomic mass is 32.2. The Bertz CT molecular complexity index is 443. The monoisotopic (exact) mass is 306 g/mol. The predicted octanol–water partition coefficient (Wildman–Crippen LogP) is 3.51. The van der Waals surface area contributed by atoms with Crippen LogP contribution in [0.2, 0.25) is 0 Å². The van der Waals surface area contributed by atoms with Crippen molar-refractivity contribution in [3.05, 3.63) is 29.8 Å². The van der Waals surface area contributed by atoms with Crippen molar-refractivity contribution in [2.75, 3.05) is 12.3 Å². The molecule has 0 saturated heterocycles. The molecule has 0 heterocycles. The summed E-state index contributed by atoms with van der Waals surface area (Å²) in [5, 5.41) is 6.51. The Morgan fingerprint density at radius 3 is 2.67 bits per heavy atom. The van der Waals surface area contributed by atoms with Crippen LogP contribution in [0.3, 0.4) is 0 Å². The summed E-state index contributed by atoms with van der Waals surface area (Å²) in [7, 11) is 0. The van der Waals surface area contributed by atoms with E-state index < -0.39 is 0 Å². The summed E-state index contributed by atoms with van der Waals surface area (Å²) in [6.45, 7) is 5.42. The topological polar surface area (TPSA) is 41.1 Å². The molecule has 1 aliphatic carbocycles. The van der Waals surface area contributed by atoms with E-state index >= 15 is 0 Å². The van der Waals surface area contributed by atoms with Crippen molar-refractivity contribution in [3.63, 3.8) is 0 Å². The Hall–Kier alpha value is -1.00. The van der Waals surface area contributed by atoms with Crippen molar-refractivity contribution in [2.24, 2.45) is 0 Å². The van der Waals surface area contributed by atoms with Crippen LogP contribution in [0.4, 0.5) is 0 Å². The molecule has 0 spiro atoms. The Morgan fingerprint density at radius 1 is 1.33 bits per heavy atom. The minimum Gasteiger partial charge on any atom is -0.353 e. The number of thioether (sulfide) groups is 1. The van der Waals surface area contributed by atoms with Crippen molar-refractivity contribution >= 4 is 17.7 Å². The van der Waals surface area contributed by atoms with Crippen molar-refractivity contribution in [2.45, 2.75) is 56.5 Å². The number of nitrogens with one attached hydrogen (secondary N) is 2. The van der Waals surface area contributed by atoms with Gasteiger partial charge >= 0.3 is 0 Å². The number of carbonyl (C=O) groups excluding carboxylic acids is 1. The first kappa shape index (κ1) is 16.4. The summed E-state index contributed by atoms with van der Waals surface area (Å²) in [4.78, 5) is 12.8. The zero-order chi connectivity index (χ0) is 15.1. The van der Waals surface area contributed by atoms with Gasteiger partial charge in [-0.25, -0.2) is 0 Å². The van der Waals surface area contributed by atoms with Gasteiger partial charge in [-0.1, -0.05) is 19.1 Å². The van der Waals surface area contributed by atoms with Gasteiger partial charge in [0, 0.05) is 29.2 Å². The lowest BCUT2D eigenvalue weighted by Gasteiger charge is -2.14. The maximum absolute atomic E-state index is 11.6.